The van der Waals surface area contributed by atoms with E-state index in [-0.39, 0.29) is 5.56 Å². The average molecular weight is 254 g/mol. The average Bonchev–Trinajstić information content (AvgIpc) is 2.64. The molecule has 0 fully saturated rings. The van der Waals surface area contributed by atoms with Gasteiger partial charge >= 0.3 is 0 Å². The summed E-state index contributed by atoms with van der Waals surface area (Å²) < 4.78 is 27.6. The van der Waals surface area contributed by atoms with Crippen LogP contribution in [0.15, 0.2) is 34.8 Å². The van der Waals surface area contributed by atoms with E-state index in [1.165, 1.54) is 11.3 Å². The smallest absolute Gasteiger partial charge is 0.282 e. The van der Waals surface area contributed by atoms with Crippen LogP contribution in [0.25, 0.3) is 0 Å². The Hall–Kier alpha value is -1.82. The summed E-state index contributed by atoms with van der Waals surface area (Å²) in [6.07, 6.45) is 1.73. The maximum atomic E-state index is 13.3. The molecule has 1 aromatic carbocycles. The highest BCUT2D eigenvalue weighted by atomic mass is 32.1. The van der Waals surface area contributed by atoms with Crippen molar-refractivity contribution in [2.45, 2.75) is 0 Å². The van der Waals surface area contributed by atoms with Crippen molar-refractivity contribution in [3.63, 3.8) is 0 Å². The number of aromatic nitrogens is 1. The second kappa shape index (κ2) is 4.58. The van der Waals surface area contributed by atoms with Crippen LogP contribution in [0.2, 0.25) is 0 Å². The molecule has 6 heteroatoms. The first-order valence-electron chi connectivity index (χ1n) is 4.72. The van der Waals surface area contributed by atoms with Crippen LogP contribution in [-0.4, -0.2) is 10.5 Å². The highest BCUT2D eigenvalue weighted by Crippen LogP contribution is 2.10. The Morgan fingerprint density at radius 1 is 1.41 bits per heavy atom. The molecular formula is C11H8F2N2OS. The molecule has 17 heavy (non-hydrogen) atoms. The van der Waals surface area contributed by atoms with Crippen LogP contribution in [0.5, 0.6) is 0 Å². The van der Waals surface area contributed by atoms with Crippen molar-refractivity contribution in [3.8, 4) is 0 Å². The van der Waals surface area contributed by atoms with Crippen LogP contribution >= 0.6 is 11.3 Å². The van der Waals surface area contributed by atoms with Crippen molar-refractivity contribution in [1.29, 1.82) is 0 Å². The fraction of sp³-hybridized carbons (Fsp3) is 0.0909. The summed E-state index contributed by atoms with van der Waals surface area (Å²) in [6, 6.07) is 2.78. The third kappa shape index (κ3) is 2.47. The van der Waals surface area contributed by atoms with E-state index < -0.39 is 17.5 Å². The second-order valence-electron chi connectivity index (χ2n) is 3.34. The number of amides is 1. The van der Waals surface area contributed by atoms with Crippen molar-refractivity contribution in [2.75, 3.05) is 0 Å². The lowest BCUT2D eigenvalue weighted by Crippen LogP contribution is -2.13. The first kappa shape index (κ1) is 11.7. The molecule has 1 heterocycles. The van der Waals surface area contributed by atoms with E-state index in [0.29, 0.717) is 10.9 Å². The predicted molar refractivity (Wildman–Crippen MR) is 59.5 cm³/mol. The van der Waals surface area contributed by atoms with E-state index in [1.807, 2.05) is 0 Å². The number of carbonyl (C=O) groups is 1. The largest absolute Gasteiger partial charge is 0.327 e. The van der Waals surface area contributed by atoms with E-state index in [9.17, 15) is 13.6 Å². The van der Waals surface area contributed by atoms with Crippen molar-refractivity contribution in [1.82, 2.24) is 4.57 Å². The Bertz CT molecular complexity index is 630. The summed E-state index contributed by atoms with van der Waals surface area (Å²) in [5, 5.41) is 1.76. The second-order valence-corrected chi connectivity index (χ2v) is 4.21. The normalized spacial score (nSPS) is 11.8. The SMILES string of the molecule is Cn1ccsc1=NC(=O)c1ccc(F)cc1F. The third-order valence-electron chi connectivity index (χ3n) is 2.12. The lowest BCUT2D eigenvalue weighted by atomic mass is 10.2. The van der Waals surface area contributed by atoms with Gasteiger partial charge < -0.3 is 4.57 Å². The van der Waals surface area contributed by atoms with Gasteiger partial charge in [0, 0.05) is 24.7 Å². The van der Waals surface area contributed by atoms with Crippen molar-refractivity contribution >= 4 is 17.2 Å². The zero-order chi connectivity index (χ0) is 12.4. The highest BCUT2D eigenvalue weighted by molar-refractivity contribution is 7.07. The van der Waals surface area contributed by atoms with Crippen molar-refractivity contribution in [2.24, 2.45) is 12.0 Å². The zero-order valence-corrected chi connectivity index (χ0v) is 9.67. The molecule has 88 valence electrons. The van der Waals surface area contributed by atoms with Gasteiger partial charge in [0.25, 0.3) is 5.91 Å². The molecule has 1 amide bonds. The minimum Gasteiger partial charge on any atom is -0.327 e. The maximum absolute atomic E-state index is 13.3. The summed E-state index contributed by atoms with van der Waals surface area (Å²) in [6.45, 7) is 0. The fourth-order valence-electron chi connectivity index (χ4n) is 1.24. The maximum Gasteiger partial charge on any atom is 0.282 e. The third-order valence-corrected chi connectivity index (χ3v) is 2.97. The number of rotatable bonds is 1. The Balaban J connectivity index is 2.43. The number of thiazole rings is 1. The molecule has 0 spiro atoms. The van der Waals surface area contributed by atoms with Crippen molar-refractivity contribution in [3.05, 3.63) is 51.8 Å². The Labute approximate surface area is 99.7 Å². The van der Waals surface area contributed by atoms with Gasteiger partial charge in [-0.1, -0.05) is 0 Å². The molecule has 0 N–H and O–H groups in total. The molecule has 1 aromatic heterocycles. The number of benzene rings is 1. The van der Waals surface area contributed by atoms with Crippen LogP contribution in [0.1, 0.15) is 10.4 Å². The quantitative estimate of drug-likeness (QED) is 0.767. The van der Waals surface area contributed by atoms with Gasteiger partial charge in [0.05, 0.1) is 5.56 Å². The fourth-order valence-corrected chi connectivity index (χ4v) is 1.97. The van der Waals surface area contributed by atoms with Gasteiger partial charge in [0.1, 0.15) is 11.6 Å². The molecule has 3 nitrogen and oxygen atoms in total. The van der Waals surface area contributed by atoms with Gasteiger partial charge in [0.15, 0.2) is 4.80 Å². The predicted octanol–water partition coefficient (Wildman–Crippen LogP) is 2.11. The van der Waals surface area contributed by atoms with E-state index in [0.717, 1.165) is 12.1 Å². The van der Waals surface area contributed by atoms with Gasteiger partial charge in [-0.25, -0.2) is 8.78 Å². The van der Waals surface area contributed by atoms with Gasteiger partial charge in [-0.2, -0.15) is 4.99 Å². The number of aryl methyl sites for hydroxylation is 1. The van der Waals surface area contributed by atoms with E-state index >= 15 is 0 Å². The lowest BCUT2D eigenvalue weighted by molar-refractivity contribution is 0.0994. The van der Waals surface area contributed by atoms with Crippen LogP contribution in [0, 0.1) is 11.6 Å². The number of hydrogen-bond donors (Lipinski definition) is 0. The van der Waals surface area contributed by atoms with Crippen LogP contribution < -0.4 is 4.80 Å². The monoisotopic (exact) mass is 254 g/mol. The van der Waals surface area contributed by atoms with Gasteiger partial charge in [-0.3, -0.25) is 4.79 Å². The molecule has 0 unspecified atom stereocenters. The van der Waals surface area contributed by atoms with Gasteiger partial charge in [0.2, 0.25) is 0 Å². The summed E-state index contributed by atoms with van der Waals surface area (Å²) in [4.78, 5) is 15.9. The molecule has 0 saturated heterocycles. The summed E-state index contributed by atoms with van der Waals surface area (Å²) in [5.74, 6) is -2.35. The molecule has 2 aromatic rings. The topological polar surface area (TPSA) is 34.4 Å². The first-order chi connectivity index (χ1) is 8.08. The standard InChI is InChI=1S/C11H8F2N2OS/c1-15-4-5-17-11(15)14-10(16)8-3-2-7(12)6-9(8)13/h2-6H,1H3. The minimum absolute atomic E-state index is 0.236. The number of halogens is 2. The highest BCUT2D eigenvalue weighted by Gasteiger charge is 2.11. The summed E-state index contributed by atoms with van der Waals surface area (Å²) in [5.41, 5.74) is -0.236. The van der Waals surface area contributed by atoms with Gasteiger partial charge in [-0.05, 0) is 12.1 Å². The molecule has 0 atom stereocenters. The molecular weight excluding hydrogens is 246 g/mol. The zero-order valence-electron chi connectivity index (χ0n) is 8.85. The van der Waals surface area contributed by atoms with Crippen LogP contribution in [0.4, 0.5) is 8.78 Å². The van der Waals surface area contributed by atoms with E-state index in [2.05, 4.69) is 4.99 Å². The molecule has 0 aliphatic heterocycles. The Kier molecular flexibility index (Phi) is 3.14. The molecule has 0 saturated carbocycles. The van der Waals surface area contributed by atoms with E-state index in [1.54, 1.807) is 23.2 Å². The number of nitrogens with zero attached hydrogens (tertiary/aromatic N) is 2. The molecule has 0 aliphatic rings. The molecule has 0 bridgehead atoms. The molecule has 2 rings (SSSR count). The number of hydrogen-bond acceptors (Lipinski definition) is 2. The minimum atomic E-state index is -0.905. The Morgan fingerprint density at radius 3 is 2.76 bits per heavy atom. The molecule has 0 radical (unpaired) electrons. The van der Waals surface area contributed by atoms with Crippen molar-refractivity contribution < 1.29 is 13.6 Å². The van der Waals surface area contributed by atoms with Crippen LogP contribution in [-0.2, 0) is 7.05 Å². The molecule has 0 aliphatic carbocycles. The lowest BCUT2D eigenvalue weighted by Gasteiger charge is -1.97. The summed E-state index contributed by atoms with van der Waals surface area (Å²) >= 11 is 1.26. The van der Waals surface area contributed by atoms with Crippen LogP contribution in [0.3, 0.4) is 0 Å². The number of carbonyl (C=O) groups excluding carboxylic acids is 1. The van der Waals surface area contributed by atoms with E-state index in [4.69, 9.17) is 0 Å². The summed E-state index contributed by atoms with van der Waals surface area (Å²) in [7, 11) is 1.73. The first-order valence-corrected chi connectivity index (χ1v) is 5.60. The van der Waals surface area contributed by atoms with Gasteiger partial charge in [-0.15, -0.1) is 11.3 Å². The Morgan fingerprint density at radius 2 is 2.18 bits per heavy atom.